The molecule has 0 spiro atoms. The number of thiocarbonyl (C=S) groups is 1. The average Bonchev–Trinajstić information content (AvgIpc) is 2.37. The summed E-state index contributed by atoms with van der Waals surface area (Å²) in [6.45, 7) is 5.42. The van der Waals surface area contributed by atoms with E-state index in [1.807, 2.05) is 26.0 Å². The first kappa shape index (κ1) is 15.9. The minimum atomic E-state index is -0.159. The van der Waals surface area contributed by atoms with Crippen molar-refractivity contribution in [3.05, 3.63) is 29.8 Å². The van der Waals surface area contributed by atoms with Crippen molar-refractivity contribution in [1.82, 2.24) is 0 Å². The lowest BCUT2D eigenvalue weighted by atomic mass is 9.90. The topological polar surface area (TPSA) is 44.5 Å². The van der Waals surface area contributed by atoms with E-state index in [9.17, 15) is 0 Å². The Bertz CT molecular complexity index is 401. The Labute approximate surface area is 121 Å². The van der Waals surface area contributed by atoms with Crippen molar-refractivity contribution in [3.63, 3.8) is 0 Å². The normalized spacial score (nSPS) is 11.3. The Kier molecular flexibility index (Phi) is 6.25. The van der Waals surface area contributed by atoms with Crippen LogP contribution in [0, 0.1) is 5.41 Å². The van der Waals surface area contributed by atoms with Crippen molar-refractivity contribution in [2.75, 3.05) is 20.3 Å². The summed E-state index contributed by atoms with van der Waals surface area (Å²) in [5, 5.41) is 0. The van der Waals surface area contributed by atoms with Gasteiger partial charge in [0.25, 0.3) is 0 Å². The highest BCUT2D eigenvalue weighted by Crippen LogP contribution is 2.21. The fraction of sp³-hybridized carbons (Fsp3) is 0.533. The summed E-state index contributed by atoms with van der Waals surface area (Å²) in [6, 6.07) is 8.09. The first-order valence-corrected chi connectivity index (χ1v) is 6.87. The third kappa shape index (κ3) is 5.57. The first-order valence-electron chi connectivity index (χ1n) is 6.46. The van der Waals surface area contributed by atoms with E-state index in [1.54, 1.807) is 7.11 Å². The Morgan fingerprint density at radius 3 is 2.37 bits per heavy atom. The van der Waals surface area contributed by atoms with Crippen LogP contribution >= 0.6 is 12.2 Å². The van der Waals surface area contributed by atoms with E-state index in [0.717, 1.165) is 25.2 Å². The van der Waals surface area contributed by atoms with Gasteiger partial charge in [-0.2, -0.15) is 0 Å². The van der Waals surface area contributed by atoms with Gasteiger partial charge in [0.2, 0.25) is 0 Å². The molecule has 0 saturated carbocycles. The van der Waals surface area contributed by atoms with Crippen LogP contribution in [-0.4, -0.2) is 25.3 Å². The van der Waals surface area contributed by atoms with Gasteiger partial charge in [0.15, 0.2) is 0 Å². The van der Waals surface area contributed by atoms with E-state index in [1.165, 1.54) is 5.56 Å². The monoisotopic (exact) mass is 281 g/mol. The molecule has 106 valence electrons. The maximum Gasteiger partial charge on any atom is 0.119 e. The number of hydrogen-bond donors (Lipinski definition) is 1. The number of rotatable bonds is 8. The lowest BCUT2D eigenvalue weighted by molar-refractivity contribution is 0.202. The predicted molar refractivity (Wildman–Crippen MR) is 82.7 cm³/mol. The second-order valence-electron chi connectivity index (χ2n) is 5.23. The molecule has 2 N–H and O–H groups in total. The molecule has 0 bridgehead atoms. The summed E-state index contributed by atoms with van der Waals surface area (Å²) in [5.74, 6) is 0.875. The fourth-order valence-electron chi connectivity index (χ4n) is 1.52. The molecule has 0 fully saturated rings. The van der Waals surface area contributed by atoms with Crippen LogP contribution in [-0.2, 0) is 11.2 Å². The highest BCUT2D eigenvalue weighted by atomic mass is 32.1. The molecule has 0 amide bonds. The van der Waals surface area contributed by atoms with E-state index >= 15 is 0 Å². The van der Waals surface area contributed by atoms with E-state index < -0.39 is 0 Å². The Hall–Kier alpha value is -1.13. The number of nitrogens with two attached hydrogens (primary N) is 1. The Morgan fingerprint density at radius 2 is 1.84 bits per heavy atom. The van der Waals surface area contributed by atoms with Gasteiger partial charge in [-0.1, -0.05) is 38.2 Å². The smallest absolute Gasteiger partial charge is 0.119 e. The van der Waals surface area contributed by atoms with Crippen molar-refractivity contribution < 1.29 is 9.47 Å². The van der Waals surface area contributed by atoms with Gasteiger partial charge in [-0.15, -0.1) is 0 Å². The molecule has 0 unspecified atom stereocenters. The molecule has 0 heterocycles. The summed E-state index contributed by atoms with van der Waals surface area (Å²) < 4.78 is 10.8. The molecule has 1 aromatic rings. The molecule has 1 rings (SSSR count). The van der Waals surface area contributed by atoms with Crippen molar-refractivity contribution in [3.8, 4) is 5.75 Å². The van der Waals surface area contributed by atoms with E-state index in [0.29, 0.717) is 11.6 Å². The van der Waals surface area contributed by atoms with Crippen LogP contribution in [0.1, 0.15) is 25.8 Å². The van der Waals surface area contributed by atoms with Gasteiger partial charge in [-0.3, -0.25) is 0 Å². The van der Waals surface area contributed by atoms with Crippen LogP contribution in [0.5, 0.6) is 5.75 Å². The van der Waals surface area contributed by atoms with Crippen LogP contribution in [0.25, 0.3) is 0 Å². The zero-order chi connectivity index (χ0) is 14.3. The molecule has 0 saturated heterocycles. The summed E-state index contributed by atoms with van der Waals surface area (Å²) >= 11 is 5.03. The number of hydrogen-bond acceptors (Lipinski definition) is 3. The third-order valence-corrected chi connectivity index (χ3v) is 3.73. The van der Waals surface area contributed by atoms with Gasteiger partial charge in [0.1, 0.15) is 5.75 Å². The lowest BCUT2D eigenvalue weighted by Gasteiger charge is -2.22. The zero-order valence-electron chi connectivity index (χ0n) is 11.9. The lowest BCUT2D eigenvalue weighted by Crippen LogP contribution is -2.31. The van der Waals surface area contributed by atoms with Gasteiger partial charge >= 0.3 is 0 Å². The van der Waals surface area contributed by atoms with Crippen molar-refractivity contribution in [1.29, 1.82) is 0 Å². The molecular formula is C15H23NO2S. The minimum Gasteiger partial charge on any atom is -0.494 e. The van der Waals surface area contributed by atoms with E-state index in [-0.39, 0.29) is 5.41 Å². The van der Waals surface area contributed by atoms with Crippen molar-refractivity contribution in [2.45, 2.75) is 26.7 Å². The maximum absolute atomic E-state index is 5.71. The van der Waals surface area contributed by atoms with Crippen LogP contribution < -0.4 is 10.5 Å². The molecular weight excluding hydrogens is 258 g/mol. The molecule has 3 nitrogen and oxygen atoms in total. The van der Waals surface area contributed by atoms with Crippen LogP contribution in [0.4, 0.5) is 0 Å². The molecule has 1 aromatic carbocycles. The highest BCUT2D eigenvalue weighted by molar-refractivity contribution is 7.80. The largest absolute Gasteiger partial charge is 0.494 e. The quantitative estimate of drug-likeness (QED) is 0.744. The first-order chi connectivity index (χ1) is 8.95. The maximum atomic E-state index is 5.71. The molecule has 19 heavy (non-hydrogen) atoms. The Balaban J connectivity index is 2.40. The molecule has 0 radical (unpaired) electrons. The number of ether oxygens (including phenoxy) is 2. The van der Waals surface area contributed by atoms with Gasteiger partial charge in [-0.05, 0) is 30.5 Å². The summed E-state index contributed by atoms with van der Waals surface area (Å²) in [4.78, 5) is 0.533. The van der Waals surface area contributed by atoms with Crippen molar-refractivity contribution in [2.24, 2.45) is 11.1 Å². The summed E-state index contributed by atoms with van der Waals surface area (Å²) in [6.07, 6.45) is 1.74. The van der Waals surface area contributed by atoms with Crippen LogP contribution in [0.3, 0.4) is 0 Å². The predicted octanol–water partition coefficient (Wildman–Crippen LogP) is 2.96. The molecule has 4 heteroatoms. The average molecular weight is 281 g/mol. The van der Waals surface area contributed by atoms with E-state index in [2.05, 4.69) is 12.1 Å². The second-order valence-corrected chi connectivity index (χ2v) is 5.67. The van der Waals surface area contributed by atoms with E-state index in [4.69, 9.17) is 27.4 Å². The zero-order valence-corrected chi connectivity index (χ0v) is 12.8. The van der Waals surface area contributed by atoms with Crippen LogP contribution in [0.15, 0.2) is 24.3 Å². The summed E-state index contributed by atoms with van der Waals surface area (Å²) in [5.41, 5.74) is 6.77. The molecule has 0 aliphatic heterocycles. The second kappa shape index (κ2) is 7.46. The highest BCUT2D eigenvalue weighted by Gasteiger charge is 2.21. The number of methoxy groups -OCH3 is 1. The van der Waals surface area contributed by atoms with Crippen molar-refractivity contribution >= 4 is 17.2 Å². The van der Waals surface area contributed by atoms with Gasteiger partial charge < -0.3 is 15.2 Å². The molecule has 0 aromatic heterocycles. The number of benzene rings is 1. The fourth-order valence-corrected chi connectivity index (χ4v) is 1.62. The third-order valence-electron chi connectivity index (χ3n) is 3.18. The minimum absolute atomic E-state index is 0.159. The molecule has 0 atom stereocenters. The van der Waals surface area contributed by atoms with Gasteiger partial charge in [0.05, 0.1) is 18.2 Å². The summed E-state index contributed by atoms with van der Waals surface area (Å²) in [7, 11) is 1.71. The van der Waals surface area contributed by atoms with Gasteiger partial charge in [-0.25, -0.2) is 0 Å². The molecule has 0 aliphatic rings. The van der Waals surface area contributed by atoms with Gasteiger partial charge in [0, 0.05) is 12.5 Å². The molecule has 0 aliphatic carbocycles. The SMILES string of the molecule is COCCc1ccc(OCCC(C)(C)C(N)=S)cc1. The Morgan fingerprint density at radius 1 is 1.21 bits per heavy atom. The van der Waals surface area contributed by atoms with Crippen LogP contribution in [0.2, 0.25) is 0 Å². The standard InChI is InChI=1S/C15H23NO2S/c1-15(2,14(16)19)9-11-18-13-6-4-12(5-7-13)8-10-17-3/h4-7H,8-11H2,1-3H3,(H2,16,19).